The Bertz CT molecular complexity index is 179. The predicted molar refractivity (Wildman–Crippen MR) is 53.9 cm³/mol. The first-order valence-electron chi connectivity index (χ1n) is 4.54. The summed E-state index contributed by atoms with van der Waals surface area (Å²) < 4.78 is 0. The Morgan fingerprint density at radius 2 is 2.25 bits per heavy atom. The summed E-state index contributed by atoms with van der Waals surface area (Å²) in [6.07, 6.45) is 1.93. The van der Waals surface area contributed by atoms with Gasteiger partial charge in [0.15, 0.2) is 0 Å². The van der Waals surface area contributed by atoms with Crippen molar-refractivity contribution in [3.05, 3.63) is 10.6 Å². The number of aliphatic hydroxyl groups excluding tert-OH is 1. The molecule has 1 heterocycles. The van der Waals surface area contributed by atoms with Crippen LogP contribution in [0.4, 0.5) is 0 Å². The van der Waals surface area contributed by atoms with E-state index in [-0.39, 0.29) is 6.61 Å². The summed E-state index contributed by atoms with van der Waals surface area (Å²) >= 11 is 1.88. The topological polar surface area (TPSA) is 23.5 Å². The van der Waals surface area contributed by atoms with Gasteiger partial charge in [-0.3, -0.25) is 0 Å². The fraction of sp³-hybridized carbons (Fsp3) is 0.778. The second kappa shape index (κ2) is 4.77. The van der Waals surface area contributed by atoms with Crippen molar-refractivity contribution in [1.29, 1.82) is 0 Å². The highest BCUT2D eigenvalue weighted by molar-refractivity contribution is 8.03. The van der Waals surface area contributed by atoms with Gasteiger partial charge < -0.3 is 10.0 Å². The van der Waals surface area contributed by atoms with Crippen molar-refractivity contribution < 1.29 is 5.11 Å². The van der Waals surface area contributed by atoms with Gasteiger partial charge in [0.2, 0.25) is 0 Å². The minimum atomic E-state index is 0.281. The fourth-order valence-corrected chi connectivity index (χ4v) is 2.84. The third-order valence-corrected chi connectivity index (χ3v) is 3.38. The van der Waals surface area contributed by atoms with Crippen LogP contribution in [0.3, 0.4) is 0 Å². The number of thioether (sulfide) groups is 1. The average Bonchev–Trinajstić information content (AvgIpc) is 2.47. The Balaban J connectivity index is 2.65. The van der Waals surface area contributed by atoms with Gasteiger partial charge in [-0.25, -0.2) is 0 Å². The summed E-state index contributed by atoms with van der Waals surface area (Å²) in [6.45, 7) is 5.73. The van der Waals surface area contributed by atoms with Crippen LogP contribution < -0.4 is 0 Å². The molecule has 1 aliphatic heterocycles. The molecular formula is C9H17NOS. The second-order valence-electron chi connectivity index (χ2n) is 2.83. The summed E-state index contributed by atoms with van der Waals surface area (Å²) in [7, 11) is 0. The molecule has 0 spiro atoms. The fourth-order valence-electron chi connectivity index (χ4n) is 1.51. The summed E-state index contributed by atoms with van der Waals surface area (Å²) in [5.74, 6) is 1.08. The van der Waals surface area contributed by atoms with E-state index in [0.29, 0.717) is 0 Å². The third kappa shape index (κ3) is 1.96. The molecule has 2 nitrogen and oxygen atoms in total. The molecule has 0 unspecified atom stereocenters. The Hall–Kier alpha value is -0.150. The Morgan fingerprint density at radius 1 is 1.50 bits per heavy atom. The number of hydrogen-bond donors (Lipinski definition) is 1. The number of allylic oxidation sites excluding steroid dienone is 1. The van der Waals surface area contributed by atoms with Gasteiger partial charge in [0.1, 0.15) is 0 Å². The minimum absolute atomic E-state index is 0.281. The molecule has 0 aromatic rings. The molecule has 1 rings (SSSR count). The van der Waals surface area contributed by atoms with E-state index in [1.54, 1.807) is 0 Å². The number of aliphatic hydroxyl groups is 1. The molecule has 0 saturated heterocycles. The predicted octanol–water partition coefficient (Wildman–Crippen LogP) is 2.02. The monoisotopic (exact) mass is 187 g/mol. The smallest absolute Gasteiger partial charge is 0.0680 e. The van der Waals surface area contributed by atoms with Crippen molar-refractivity contribution in [3.63, 3.8) is 0 Å². The quantitative estimate of drug-likeness (QED) is 0.728. The van der Waals surface area contributed by atoms with Crippen molar-refractivity contribution in [1.82, 2.24) is 4.90 Å². The largest absolute Gasteiger partial charge is 0.396 e. The lowest BCUT2D eigenvalue weighted by molar-refractivity contribution is 0.300. The molecular weight excluding hydrogens is 170 g/mol. The maximum absolute atomic E-state index is 8.83. The first-order chi connectivity index (χ1) is 5.83. The highest BCUT2D eigenvalue weighted by atomic mass is 32.2. The maximum atomic E-state index is 8.83. The molecule has 0 aromatic carbocycles. The van der Waals surface area contributed by atoms with Gasteiger partial charge in [0.05, 0.1) is 5.88 Å². The van der Waals surface area contributed by atoms with Gasteiger partial charge in [-0.2, -0.15) is 0 Å². The van der Waals surface area contributed by atoms with Crippen LogP contribution in [0.1, 0.15) is 26.7 Å². The molecule has 0 amide bonds. The van der Waals surface area contributed by atoms with Crippen molar-refractivity contribution in [2.24, 2.45) is 0 Å². The van der Waals surface area contributed by atoms with E-state index in [9.17, 15) is 0 Å². The molecule has 0 radical (unpaired) electrons. The summed E-state index contributed by atoms with van der Waals surface area (Å²) in [5, 5.41) is 8.83. The van der Waals surface area contributed by atoms with E-state index in [4.69, 9.17) is 5.11 Å². The molecule has 1 aliphatic rings. The van der Waals surface area contributed by atoms with Crippen molar-refractivity contribution >= 4 is 11.8 Å². The standard InChI is InChI=1S/C9H17NOS/c1-3-8-9(5-6-11)12-7-10(8)4-2/h11H,3-7H2,1-2H3. The van der Waals surface area contributed by atoms with Crippen LogP contribution in [-0.4, -0.2) is 29.0 Å². The molecule has 3 heteroatoms. The zero-order valence-corrected chi connectivity index (χ0v) is 8.65. The van der Waals surface area contributed by atoms with Crippen molar-refractivity contribution in [2.75, 3.05) is 19.0 Å². The van der Waals surface area contributed by atoms with Gasteiger partial charge in [-0.15, -0.1) is 11.8 Å². The van der Waals surface area contributed by atoms with Crippen molar-refractivity contribution in [2.45, 2.75) is 26.7 Å². The molecule has 0 saturated carbocycles. The third-order valence-electron chi connectivity index (χ3n) is 2.15. The van der Waals surface area contributed by atoms with Gasteiger partial charge in [-0.05, 0) is 13.3 Å². The molecule has 0 aliphatic carbocycles. The lowest BCUT2D eigenvalue weighted by Gasteiger charge is -2.18. The van der Waals surface area contributed by atoms with Crippen LogP contribution >= 0.6 is 11.8 Å². The molecule has 12 heavy (non-hydrogen) atoms. The lowest BCUT2D eigenvalue weighted by atomic mass is 10.2. The highest BCUT2D eigenvalue weighted by Crippen LogP contribution is 2.35. The first kappa shape index (κ1) is 9.93. The van der Waals surface area contributed by atoms with Gasteiger partial charge in [0, 0.05) is 30.2 Å². The summed E-state index contributed by atoms with van der Waals surface area (Å²) in [6, 6.07) is 0. The number of nitrogens with zero attached hydrogens (tertiary/aromatic N) is 1. The Labute approximate surface area is 78.6 Å². The Morgan fingerprint density at radius 3 is 2.75 bits per heavy atom. The maximum Gasteiger partial charge on any atom is 0.0680 e. The van der Waals surface area contributed by atoms with E-state index in [2.05, 4.69) is 18.7 Å². The lowest BCUT2D eigenvalue weighted by Crippen LogP contribution is -2.17. The molecule has 70 valence electrons. The molecule has 1 N–H and O–H groups in total. The van der Waals surface area contributed by atoms with E-state index in [1.807, 2.05) is 11.8 Å². The Kier molecular flexibility index (Phi) is 3.95. The zero-order valence-electron chi connectivity index (χ0n) is 7.84. The first-order valence-corrected chi connectivity index (χ1v) is 5.52. The van der Waals surface area contributed by atoms with E-state index in [1.165, 1.54) is 10.6 Å². The van der Waals surface area contributed by atoms with Crippen LogP contribution in [0, 0.1) is 0 Å². The van der Waals surface area contributed by atoms with E-state index in [0.717, 1.165) is 25.3 Å². The molecule has 0 aromatic heterocycles. The van der Waals surface area contributed by atoms with Crippen LogP contribution in [0.2, 0.25) is 0 Å². The van der Waals surface area contributed by atoms with E-state index < -0.39 is 0 Å². The molecule has 0 fully saturated rings. The minimum Gasteiger partial charge on any atom is -0.396 e. The van der Waals surface area contributed by atoms with Crippen LogP contribution in [0.5, 0.6) is 0 Å². The molecule has 0 bridgehead atoms. The van der Waals surface area contributed by atoms with Gasteiger partial charge >= 0.3 is 0 Å². The van der Waals surface area contributed by atoms with Crippen molar-refractivity contribution in [3.8, 4) is 0 Å². The summed E-state index contributed by atoms with van der Waals surface area (Å²) in [5.41, 5.74) is 1.44. The normalized spacial score (nSPS) is 17.8. The second-order valence-corrected chi connectivity index (χ2v) is 3.87. The van der Waals surface area contributed by atoms with Crippen LogP contribution in [0.15, 0.2) is 10.6 Å². The summed E-state index contributed by atoms with van der Waals surface area (Å²) in [4.78, 5) is 3.78. The van der Waals surface area contributed by atoms with Gasteiger partial charge in [-0.1, -0.05) is 6.92 Å². The molecule has 0 atom stereocenters. The average molecular weight is 187 g/mol. The van der Waals surface area contributed by atoms with E-state index >= 15 is 0 Å². The number of rotatable bonds is 4. The zero-order chi connectivity index (χ0) is 8.97. The SMILES string of the molecule is CCC1=C(CCO)SCN1CC. The van der Waals surface area contributed by atoms with Crippen LogP contribution in [0.25, 0.3) is 0 Å². The van der Waals surface area contributed by atoms with Gasteiger partial charge in [0.25, 0.3) is 0 Å². The highest BCUT2D eigenvalue weighted by Gasteiger charge is 2.19. The van der Waals surface area contributed by atoms with Crippen LogP contribution in [-0.2, 0) is 0 Å². The number of hydrogen-bond acceptors (Lipinski definition) is 3.